The summed E-state index contributed by atoms with van der Waals surface area (Å²) in [6.07, 6.45) is 0. The van der Waals surface area contributed by atoms with Crippen molar-refractivity contribution < 1.29 is 19.0 Å². The fourth-order valence-electron chi connectivity index (χ4n) is 1.52. The van der Waals surface area contributed by atoms with E-state index in [0.29, 0.717) is 38.0 Å². The van der Waals surface area contributed by atoms with Gasteiger partial charge in [0, 0.05) is 13.7 Å². The molecule has 0 unspecified atom stereocenters. The molecule has 7 heteroatoms. The van der Waals surface area contributed by atoms with Gasteiger partial charge in [0.2, 0.25) is 0 Å². The van der Waals surface area contributed by atoms with Crippen LogP contribution in [-0.2, 0) is 20.8 Å². The van der Waals surface area contributed by atoms with E-state index in [0.717, 1.165) is 0 Å². The molecule has 20 heavy (non-hydrogen) atoms. The Morgan fingerprint density at radius 3 is 2.70 bits per heavy atom. The van der Waals surface area contributed by atoms with E-state index in [1.807, 2.05) is 0 Å². The highest BCUT2D eigenvalue weighted by Gasteiger charge is 2.17. The van der Waals surface area contributed by atoms with Crippen LogP contribution in [0.5, 0.6) is 0 Å². The summed E-state index contributed by atoms with van der Waals surface area (Å²) in [5.41, 5.74) is 0.922. The van der Waals surface area contributed by atoms with Crippen LogP contribution in [-0.4, -0.2) is 54.5 Å². The van der Waals surface area contributed by atoms with Crippen LogP contribution in [0.2, 0.25) is 0 Å². The van der Waals surface area contributed by atoms with Crippen molar-refractivity contribution in [1.29, 1.82) is 0 Å². The van der Waals surface area contributed by atoms with E-state index < -0.39 is 5.97 Å². The topological polar surface area (TPSA) is 75.5 Å². The number of hydrogen-bond donors (Lipinski definition) is 0. The van der Waals surface area contributed by atoms with E-state index in [2.05, 4.69) is 24.2 Å². The SMILES string of the molecule is COCCOC(=O)c1nnn(CCOCC(C)C)c1C. The van der Waals surface area contributed by atoms with E-state index in [4.69, 9.17) is 14.2 Å². The minimum absolute atomic E-state index is 0.207. The summed E-state index contributed by atoms with van der Waals surface area (Å²) in [6.45, 7) is 8.36. The predicted octanol–water partition coefficient (Wildman–Crippen LogP) is 1.06. The molecule has 1 heterocycles. The molecule has 0 saturated carbocycles. The molecule has 114 valence electrons. The number of carbonyl (C=O) groups excluding carboxylic acids is 1. The van der Waals surface area contributed by atoms with Gasteiger partial charge in [-0.3, -0.25) is 0 Å². The highest BCUT2D eigenvalue weighted by Crippen LogP contribution is 2.05. The third-order valence-electron chi connectivity index (χ3n) is 2.60. The second-order valence-electron chi connectivity index (χ2n) is 4.84. The Morgan fingerprint density at radius 2 is 2.05 bits per heavy atom. The monoisotopic (exact) mass is 285 g/mol. The number of methoxy groups -OCH3 is 1. The smallest absolute Gasteiger partial charge is 0.360 e. The first-order valence-electron chi connectivity index (χ1n) is 6.70. The maximum atomic E-state index is 11.7. The van der Waals surface area contributed by atoms with Gasteiger partial charge in [-0.1, -0.05) is 19.1 Å². The molecule has 1 rings (SSSR count). The van der Waals surface area contributed by atoms with Crippen molar-refractivity contribution in [3.8, 4) is 0 Å². The third-order valence-corrected chi connectivity index (χ3v) is 2.60. The van der Waals surface area contributed by atoms with Gasteiger partial charge >= 0.3 is 5.97 Å². The van der Waals surface area contributed by atoms with Crippen LogP contribution >= 0.6 is 0 Å². The lowest BCUT2D eigenvalue weighted by atomic mass is 10.2. The van der Waals surface area contributed by atoms with Crippen molar-refractivity contribution >= 4 is 5.97 Å². The first kappa shape index (κ1) is 16.6. The van der Waals surface area contributed by atoms with E-state index in [1.54, 1.807) is 18.7 Å². The molecule has 0 bridgehead atoms. The van der Waals surface area contributed by atoms with Gasteiger partial charge in [-0.2, -0.15) is 0 Å². The molecule has 1 aromatic heterocycles. The van der Waals surface area contributed by atoms with Crippen molar-refractivity contribution in [3.63, 3.8) is 0 Å². The van der Waals surface area contributed by atoms with Gasteiger partial charge in [-0.05, 0) is 12.8 Å². The number of esters is 1. The second kappa shape index (κ2) is 8.65. The Bertz CT molecular complexity index is 418. The van der Waals surface area contributed by atoms with E-state index in [-0.39, 0.29) is 12.3 Å². The average Bonchev–Trinajstić information content (AvgIpc) is 2.76. The third kappa shape index (κ3) is 5.26. The minimum Gasteiger partial charge on any atom is -0.458 e. The van der Waals surface area contributed by atoms with Gasteiger partial charge in [-0.25, -0.2) is 9.48 Å². The van der Waals surface area contributed by atoms with Crippen LogP contribution < -0.4 is 0 Å². The summed E-state index contributed by atoms with van der Waals surface area (Å²) in [4.78, 5) is 11.7. The van der Waals surface area contributed by atoms with Crippen molar-refractivity contribution in [1.82, 2.24) is 15.0 Å². The zero-order chi connectivity index (χ0) is 15.0. The molecule has 0 aliphatic rings. The number of carbonyl (C=O) groups is 1. The van der Waals surface area contributed by atoms with E-state index >= 15 is 0 Å². The Hall–Kier alpha value is -1.47. The summed E-state index contributed by atoms with van der Waals surface area (Å²) in [6, 6.07) is 0. The van der Waals surface area contributed by atoms with Gasteiger partial charge < -0.3 is 14.2 Å². The zero-order valence-corrected chi connectivity index (χ0v) is 12.6. The zero-order valence-electron chi connectivity index (χ0n) is 12.6. The molecule has 0 N–H and O–H groups in total. The maximum absolute atomic E-state index is 11.7. The van der Waals surface area contributed by atoms with Gasteiger partial charge in [0.05, 0.1) is 25.5 Å². The predicted molar refractivity (Wildman–Crippen MR) is 72.6 cm³/mol. The Labute approximate surface area is 119 Å². The molecule has 0 saturated heterocycles. The molecule has 7 nitrogen and oxygen atoms in total. The largest absolute Gasteiger partial charge is 0.458 e. The first-order valence-corrected chi connectivity index (χ1v) is 6.70. The summed E-state index contributed by atoms with van der Waals surface area (Å²) < 4.78 is 16.9. The van der Waals surface area contributed by atoms with Gasteiger partial charge in [0.1, 0.15) is 6.61 Å². The lowest BCUT2D eigenvalue weighted by Crippen LogP contribution is -2.13. The Kier molecular flexibility index (Phi) is 7.17. The maximum Gasteiger partial charge on any atom is 0.360 e. The van der Waals surface area contributed by atoms with Crippen LogP contribution in [0.1, 0.15) is 30.0 Å². The molecule has 0 aromatic carbocycles. The molecule has 0 fully saturated rings. The summed E-state index contributed by atoms with van der Waals surface area (Å²) in [5, 5.41) is 7.79. The fourth-order valence-corrected chi connectivity index (χ4v) is 1.52. The number of ether oxygens (including phenoxy) is 3. The highest BCUT2D eigenvalue weighted by atomic mass is 16.6. The highest BCUT2D eigenvalue weighted by molar-refractivity contribution is 5.88. The van der Waals surface area contributed by atoms with Crippen LogP contribution in [0.3, 0.4) is 0 Å². The van der Waals surface area contributed by atoms with Crippen LogP contribution in [0.4, 0.5) is 0 Å². The van der Waals surface area contributed by atoms with Crippen molar-refractivity contribution in [2.45, 2.75) is 27.3 Å². The van der Waals surface area contributed by atoms with Gasteiger partial charge in [0.25, 0.3) is 0 Å². The van der Waals surface area contributed by atoms with Crippen molar-refractivity contribution in [3.05, 3.63) is 11.4 Å². The molecule has 0 aliphatic heterocycles. The normalized spacial score (nSPS) is 11.1. The lowest BCUT2D eigenvalue weighted by Gasteiger charge is -2.07. The molecular formula is C13H23N3O4. The number of rotatable bonds is 9. The van der Waals surface area contributed by atoms with Crippen LogP contribution in [0.15, 0.2) is 0 Å². The molecule has 0 aliphatic carbocycles. The summed E-state index contributed by atoms with van der Waals surface area (Å²) >= 11 is 0. The standard InChI is InChI=1S/C13H23N3O4/c1-10(2)9-19-6-5-16-11(3)12(14-15-16)13(17)20-8-7-18-4/h10H,5-9H2,1-4H3. The fraction of sp³-hybridized carbons (Fsp3) is 0.769. The lowest BCUT2D eigenvalue weighted by molar-refractivity contribution is 0.0380. The number of nitrogens with zero attached hydrogens (tertiary/aromatic N) is 3. The van der Waals surface area contributed by atoms with Crippen molar-refractivity contribution in [2.24, 2.45) is 5.92 Å². The quantitative estimate of drug-likeness (QED) is 0.499. The van der Waals surface area contributed by atoms with E-state index in [1.165, 1.54) is 0 Å². The summed E-state index contributed by atoms with van der Waals surface area (Å²) in [7, 11) is 1.55. The molecule has 0 atom stereocenters. The van der Waals surface area contributed by atoms with E-state index in [9.17, 15) is 4.79 Å². The summed E-state index contributed by atoms with van der Waals surface area (Å²) in [5.74, 6) is 0.0204. The van der Waals surface area contributed by atoms with Gasteiger partial charge in [0.15, 0.2) is 5.69 Å². The molecule has 0 radical (unpaired) electrons. The molecule has 0 spiro atoms. The van der Waals surface area contributed by atoms with Gasteiger partial charge in [-0.15, -0.1) is 5.10 Å². The number of hydrogen-bond acceptors (Lipinski definition) is 6. The molecule has 1 aromatic rings. The minimum atomic E-state index is -0.478. The molecule has 0 amide bonds. The first-order chi connectivity index (χ1) is 9.56. The van der Waals surface area contributed by atoms with Crippen LogP contribution in [0, 0.1) is 12.8 Å². The average molecular weight is 285 g/mol. The second-order valence-corrected chi connectivity index (χ2v) is 4.84. The van der Waals surface area contributed by atoms with Crippen molar-refractivity contribution in [2.75, 3.05) is 33.5 Å². The Morgan fingerprint density at radius 1 is 1.30 bits per heavy atom. The van der Waals surface area contributed by atoms with Crippen LogP contribution in [0.25, 0.3) is 0 Å². The Balaban J connectivity index is 2.45. The molecular weight excluding hydrogens is 262 g/mol. The number of aromatic nitrogens is 3.